The molecule has 8 nitrogen and oxygen atoms in total. The number of benzene rings is 1. The molecular weight excluding hydrogens is 292 g/mol. The van der Waals surface area contributed by atoms with Crippen molar-refractivity contribution in [2.24, 2.45) is 0 Å². The molecule has 2 aromatic rings. The third-order valence-corrected chi connectivity index (χ3v) is 3.90. The van der Waals surface area contributed by atoms with Crippen LogP contribution in [0.5, 0.6) is 0 Å². The van der Waals surface area contributed by atoms with Crippen LogP contribution in [0.2, 0.25) is 0 Å². The standard InChI is InChI=1S/C9H6N4O4S2/c10-8-11-12-9(19-8)18-6-2-1-4(13(16)17)3-5(6)7(14)15/h1-3H,(H2,10,11)(H,14,15). The number of nitro groups is 1. The van der Waals surface area contributed by atoms with Gasteiger partial charge >= 0.3 is 5.97 Å². The van der Waals surface area contributed by atoms with Crippen LogP contribution in [0.4, 0.5) is 10.8 Å². The van der Waals surface area contributed by atoms with Gasteiger partial charge in [-0.25, -0.2) is 4.79 Å². The highest BCUT2D eigenvalue weighted by Crippen LogP contribution is 2.34. The molecular formula is C9H6N4O4S2. The number of hydrogen-bond donors (Lipinski definition) is 2. The van der Waals surface area contributed by atoms with E-state index in [-0.39, 0.29) is 16.4 Å². The predicted molar refractivity (Wildman–Crippen MR) is 68.5 cm³/mol. The van der Waals surface area contributed by atoms with Gasteiger partial charge < -0.3 is 10.8 Å². The normalized spacial score (nSPS) is 10.3. The van der Waals surface area contributed by atoms with Crippen molar-refractivity contribution in [1.29, 1.82) is 0 Å². The Bertz CT molecular complexity index is 657. The Morgan fingerprint density at radius 1 is 1.47 bits per heavy atom. The first-order valence-electron chi connectivity index (χ1n) is 4.76. The molecule has 0 bridgehead atoms. The molecule has 1 aromatic carbocycles. The lowest BCUT2D eigenvalue weighted by Crippen LogP contribution is -2.00. The van der Waals surface area contributed by atoms with E-state index in [1.165, 1.54) is 12.1 Å². The van der Waals surface area contributed by atoms with E-state index >= 15 is 0 Å². The Hall–Kier alpha value is -2.20. The van der Waals surface area contributed by atoms with Crippen LogP contribution in [-0.2, 0) is 0 Å². The minimum Gasteiger partial charge on any atom is -0.478 e. The largest absolute Gasteiger partial charge is 0.478 e. The second-order valence-corrected chi connectivity index (χ2v) is 5.55. The first-order chi connectivity index (χ1) is 8.97. The number of carbonyl (C=O) groups is 1. The number of nitrogens with two attached hydrogens (primary N) is 1. The second-order valence-electron chi connectivity index (χ2n) is 3.25. The highest BCUT2D eigenvalue weighted by atomic mass is 32.2. The van der Waals surface area contributed by atoms with Crippen LogP contribution in [0.3, 0.4) is 0 Å². The van der Waals surface area contributed by atoms with Crippen LogP contribution >= 0.6 is 23.1 Å². The van der Waals surface area contributed by atoms with E-state index in [1.807, 2.05) is 0 Å². The van der Waals surface area contributed by atoms with E-state index in [0.717, 1.165) is 29.2 Å². The summed E-state index contributed by atoms with van der Waals surface area (Å²) >= 11 is 2.15. The monoisotopic (exact) mass is 298 g/mol. The van der Waals surface area contributed by atoms with Gasteiger partial charge in [0.1, 0.15) is 0 Å². The molecule has 0 aliphatic rings. The molecule has 19 heavy (non-hydrogen) atoms. The van der Waals surface area contributed by atoms with Crippen molar-refractivity contribution in [3.63, 3.8) is 0 Å². The van der Waals surface area contributed by atoms with Gasteiger partial charge in [-0.15, -0.1) is 10.2 Å². The zero-order chi connectivity index (χ0) is 14.0. The zero-order valence-corrected chi connectivity index (χ0v) is 10.8. The summed E-state index contributed by atoms with van der Waals surface area (Å²) < 4.78 is 0.467. The van der Waals surface area contributed by atoms with Gasteiger partial charge in [-0.1, -0.05) is 23.1 Å². The number of non-ortho nitro benzene ring substituents is 1. The summed E-state index contributed by atoms with van der Waals surface area (Å²) in [5.41, 5.74) is 4.98. The second kappa shape index (κ2) is 5.20. The van der Waals surface area contributed by atoms with E-state index in [4.69, 9.17) is 10.8 Å². The van der Waals surface area contributed by atoms with E-state index in [2.05, 4.69) is 10.2 Å². The van der Waals surface area contributed by atoms with Gasteiger partial charge in [-0.05, 0) is 6.07 Å². The summed E-state index contributed by atoms with van der Waals surface area (Å²) in [7, 11) is 0. The van der Waals surface area contributed by atoms with Gasteiger partial charge in [0, 0.05) is 17.0 Å². The van der Waals surface area contributed by atoms with Crippen molar-refractivity contribution >= 4 is 39.9 Å². The molecule has 0 spiro atoms. The van der Waals surface area contributed by atoms with Gasteiger partial charge in [0.05, 0.1) is 10.5 Å². The van der Waals surface area contributed by atoms with Gasteiger partial charge in [-0.3, -0.25) is 10.1 Å². The topological polar surface area (TPSA) is 132 Å². The molecule has 0 amide bonds. The van der Waals surface area contributed by atoms with Crippen LogP contribution in [0, 0.1) is 10.1 Å². The maximum atomic E-state index is 11.1. The number of rotatable bonds is 4. The lowest BCUT2D eigenvalue weighted by molar-refractivity contribution is -0.384. The molecule has 0 radical (unpaired) electrons. The summed E-state index contributed by atoms with van der Waals surface area (Å²) in [5.74, 6) is -1.25. The van der Waals surface area contributed by atoms with Crippen LogP contribution in [0.25, 0.3) is 0 Å². The van der Waals surface area contributed by atoms with E-state index in [9.17, 15) is 14.9 Å². The molecule has 0 saturated heterocycles. The summed E-state index contributed by atoms with van der Waals surface area (Å²) in [6.07, 6.45) is 0. The number of carboxylic acids is 1. The summed E-state index contributed by atoms with van der Waals surface area (Å²) in [6, 6.07) is 3.61. The van der Waals surface area contributed by atoms with Crippen molar-refractivity contribution in [2.75, 3.05) is 5.73 Å². The first kappa shape index (κ1) is 13.2. The summed E-state index contributed by atoms with van der Waals surface area (Å²) in [4.78, 5) is 21.4. The maximum absolute atomic E-state index is 11.1. The highest BCUT2D eigenvalue weighted by Gasteiger charge is 2.18. The molecule has 98 valence electrons. The first-order valence-corrected chi connectivity index (χ1v) is 6.39. The smallest absolute Gasteiger partial charge is 0.337 e. The number of nitrogens with zero attached hydrogens (tertiary/aromatic N) is 3. The molecule has 2 rings (SSSR count). The van der Waals surface area contributed by atoms with E-state index in [1.54, 1.807) is 0 Å². The van der Waals surface area contributed by atoms with Crippen LogP contribution in [0.15, 0.2) is 27.4 Å². The highest BCUT2D eigenvalue weighted by molar-refractivity contribution is 8.01. The fourth-order valence-corrected chi connectivity index (χ4v) is 2.94. The zero-order valence-electron chi connectivity index (χ0n) is 9.14. The van der Waals surface area contributed by atoms with Gasteiger partial charge in [-0.2, -0.15) is 0 Å². The molecule has 0 saturated carbocycles. The quantitative estimate of drug-likeness (QED) is 0.645. The molecule has 1 aromatic heterocycles. The minimum absolute atomic E-state index is 0.159. The number of nitro benzene ring substituents is 1. The van der Waals surface area contributed by atoms with Gasteiger partial charge in [0.25, 0.3) is 5.69 Å². The third kappa shape index (κ3) is 2.98. The molecule has 0 atom stereocenters. The molecule has 0 fully saturated rings. The van der Waals surface area contributed by atoms with Crippen molar-refractivity contribution in [3.05, 3.63) is 33.9 Å². The van der Waals surface area contributed by atoms with E-state index in [0.29, 0.717) is 9.24 Å². The molecule has 0 aliphatic carbocycles. The summed E-state index contributed by atoms with van der Waals surface area (Å²) in [6.45, 7) is 0. The number of aromatic nitrogens is 2. The lowest BCUT2D eigenvalue weighted by atomic mass is 10.2. The fraction of sp³-hybridized carbons (Fsp3) is 0. The average Bonchev–Trinajstić information content (AvgIpc) is 2.74. The van der Waals surface area contributed by atoms with E-state index < -0.39 is 10.9 Å². The number of anilines is 1. The number of carboxylic acid groups (broad SMARTS) is 1. The molecule has 0 unspecified atom stereocenters. The Morgan fingerprint density at radius 3 is 2.74 bits per heavy atom. The Morgan fingerprint density at radius 2 is 2.21 bits per heavy atom. The van der Waals surface area contributed by atoms with Crippen molar-refractivity contribution in [2.45, 2.75) is 9.24 Å². The van der Waals surface area contributed by atoms with Crippen LogP contribution in [-0.4, -0.2) is 26.2 Å². The van der Waals surface area contributed by atoms with Crippen LogP contribution in [0.1, 0.15) is 10.4 Å². The third-order valence-electron chi connectivity index (χ3n) is 2.02. The number of nitrogen functional groups attached to an aromatic ring is 1. The van der Waals surface area contributed by atoms with Crippen LogP contribution < -0.4 is 5.73 Å². The SMILES string of the molecule is Nc1nnc(Sc2ccc([N+](=O)[O-])cc2C(=O)O)s1. The molecule has 0 aliphatic heterocycles. The average molecular weight is 298 g/mol. The van der Waals surface area contributed by atoms with Crippen molar-refractivity contribution in [1.82, 2.24) is 10.2 Å². The lowest BCUT2D eigenvalue weighted by Gasteiger charge is -2.02. The Labute approximate surface area is 114 Å². The number of aromatic carboxylic acids is 1. The van der Waals surface area contributed by atoms with Crippen molar-refractivity contribution < 1.29 is 14.8 Å². The fourth-order valence-electron chi connectivity index (χ4n) is 1.24. The van der Waals surface area contributed by atoms with Gasteiger partial charge in [0.15, 0.2) is 4.34 Å². The van der Waals surface area contributed by atoms with Crippen molar-refractivity contribution in [3.8, 4) is 0 Å². The molecule has 10 heteroatoms. The number of hydrogen-bond acceptors (Lipinski definition) is 8. The molecule has 1 heterocycles. The Balaban J connectivity index is 2.39. The molecule has 3 N–H and O–H groups in total. The minimum atomic E-state index is -1.25. The summed E-state index contributed by atoms with van der Waals surface area (Å²) in [5, 5.41) is 27.3. The van der Waals surface area contributed by atoms with Gasteiger partial charge in [0.2, 0.25) is 5.13 Å². The predicted octanol–water partition coefficient (Wildman–Crippen LogP) is 1.88. The Kier molecular flexibility index (Phi) is 3.62. The maximum Gasteiger partial charge on any atom is 0.337 e.